The maximum absolute atomic E-state index is 11.9. The van der Waals surface area contributed by atoms with E-state index in [2.05, 4.69) is 10.5 Å². The number of amides is 1. The van der Waals surface area contributed by atoms with Gasteiger partial charge >= 0.3 is 0 Å². The van der Waals surface area contributed by atoms with Crippen LogP contribution in [0.15, 0.2) is 64.1 Å². The molecule has 1 N–H and O–H groups in total. The largest absolute Gasteiger partial charge is 0.490 e. The zero-order valence-electron chi connectivity index (χ0n) is 16.4. The van der Waals surface area contributed by atoms with Crippen LogP contribution in [0.2, 0.25) is 5.02 Å². The quantitative estimate of drug-likeness (QED) is 0.297. The van der Waals surface area contributed by atoms with Gasteiger partial charge in [0.15, 0.2) is 18.1 Å². The molecule has 2 aromatic carbocycles. The molecule has 0 aliphatic carbocycles. The summed E-state index contributed by atoms with van der Waals surface area (Å²) in [5.41, 5.74) is 2.72. The van der Waals surface area contributed by atoms with E-state index < -0.39 is 10.8 Å². The van der Waals surface area contributed by atoms with E-state index >= 15 is 0 Å². The van der Waals surface area contributed by atoms with E-state index in [1.807, 2.05) is 13.0 Å². The van der Waals surface area contributed by atoms with Crippen molar-refractivity contribution in [3.8, 4) is 22.8 Å². The topological polar surface area (TPSA) is 116 Å². The summed E-state index contributed by atoms with van der Waals surface area (Å²) in [6.45, 7) is 2.09. The number of nitrogens with zero attached hydrogens (tertiary/aromatic N) is 2. The lowest BCUT2D eigenvalue weighted by Crippen LogP contribution is -2.24. The second kappa shape index (κ2) is 10.3. The zero-order chi connectivity index (χ0) is 22.2. The number of nitro benzene ring substituents is 1. The van der Waals surface area contributed by atoms with E-state index in [-0.39, 0.29) is 17.3 Å². The summed E-state index contributed by atoms with van der Waals surface area (Å²) in [6, 6.07) is 14.4. The van der Waals surface area contributed by atoms with Gasteiger partial charge in [-0.3, -0.25) is 14.9 Å². The number of ether oxygens (including phenoxy) is 2. The van der Waals surface area contributed by atoms with Gasteiger partial charge in [-0.1, -0.05) is 23.7 Å². The number of carbonyl (C=O) groups excluding carboxylic acids is 1. The molecule has 1 amide bonds. The first-order valence-corrected chi connectivity index (χ1v) is 9.56. The Kier molecular flexibility index (Phi) is 7.23. The average Bonchev–Trinajstić information content (AvgIpc) is 3.21. The number of rotatable bonds is 9. The molecule has 9 nitrogen and oxygen atoms in total. The second-order valence-electron chi connectivity index (χ2n) is 6.08. The normalized spacial score (nSPS) is 10.8. The van der Waals surface area contributed by atoms with Gasteiger partial charge in [0.1, 0.15) is 11.5 Å². The van der Waals surface area contributed by atoms with E-state index in [4.69, 9.17) is 25.5 Å². The molecular formula is C21H18ClN3O6. The number of furan rings is 1. The molecule has 3 aromatic rings. The number of hydrogen-bond acceptors (Lipinski definition) is 7. The van der Waals surface area contributed by atoms with Crippen LogP contribution in [0.25, 0.3) is 11.3 Å². The summed E-state index contributed by atoms with van der Waals surface area (Å²) in [4.78, 5) is 22.2. The number of nitro groups is 1. The first kappa shape index (κ1) is 21.8. The van der Waals surface area contributed by atoms with Gasteiger partial charge in [0.05, 0.1) is 22.8 Å². The van der Waals surface area contributed by atoms with Crippen LogP contribution >= 0.6 is 11.6 Å². The molecule has 0 aliphatic heterocycles. The Balaban J connectivity index is 1.56. The van der Waals surface area contributed by atoms with Crippen LogP contribution < -0.4 is 14.9 Å². The monoisotopic (exact) mass is 443 g/mol. The van der Waals surface area contributed by atoms with Crippen molar-refractivity contribution in [2.75, 3.05) is 13.2 Å². The van der Waals surface area contributed by atoms with E-state index in [9.17, 15) is 14.9 Å². The maximum atomic E-state index is 11.9. The van der Waals surface area contributed by atoms with E-state index in [0.29, 0.717) is 35.2 Å². The van der Waals surface area contributed by atoms with Crippen molar-refractivity contribution in [2.24, 2.45) is 5.10 Å². The molecule has 0 bridgehead atoms. The van der Waals surface area contributed by atoms with Crippen molar-refractivity contribution in [2.45, 2.75) is 6.92 Å². The Labute approximate surface area is 182 Å². The van der Waals surface area contributed by atoms with Crippen molar-refractivity contribution >= 4 is 29.4 Å². The number of hydrazone groups is 1. The van der Waals surface area contributed by atoms with Gasteiger partial charge in [-0.25, -0.2) is 5.43 Å². The highest BCUT2D eigenvalue weighted by Gasteiger charge is 2.13. The number of carbonyl (C=O) groups is 1. The van der Waals surface area contributed by atoms with Crippen LogP contribution in [0.3, 0.4) is 0 Å². The molecule has 3 rings (SSSR count). The lowest BCUT2D eigenvalue weighted by molar-refractivity contribution is -0.384. The lowest BCUT2D eigenvalue weighted by Gasteiger charge is -2.10. The van der Waals surface area contributed by atoms with Crippen LogP contribution in [0.1, 0.15) is 12.7 Å². The fraction of sp³-hybridized carbons (Fsp3) is 0.143. The highest BCUT2D eigenvalue weighted by Crippen LogP contribution is 2.32. The zero-order valence-corrected chi connectivity index (χ0v) is 17.2. The molecule has 0 spiro atoms. The van der Waals surface area contributed by atoms with Crippen molar-refractivity contribution < 1.29 is 23.6 Å². The minimum absolute atomic E-state index is 0.115. The minimum Gasteiger partial charge on any atom is -0.490 e. The molecule has 1 heterocycles. The second-order valence-corrected chi connectivity index (χ2v) is 6.49. The molecule has 160 valence electrons. The number of nitrogens with one attached hydrogen (secondary N) is 1. The Morgan fingerprint density at radius 2 is 1.94 bits per heavy atom. The Morgan fingerprint density at radius 3 is 2.61 bits per heavy atom. The molecule has 31 heavy (non-hydrogen) atoms. The Bertz CT molecular complexity index is 1110. The average molecular weight is 444 g/mol. The highest BCUT2D eigenvalue weighted by molar-refractivity contribution is 6.33. The number of para-hydroxylation sites is 2. The third-order valence-electron chi connectivity index (χ3n) is 3.94. The summed E-state index contributed by atoms with van der Waals surface area (Å²) >= 11 is 6.10. The van der Waals surface area contributed by atoms with Crippen molar-refractivity contribution in [1.82, 2.24) is 5.43 Å². The fourth-order valence-corrected chi connectivity index (χ4v) is 2.84. The number of non-ortho nitro benzene ring substituents is 1. The van der Waals surface area contributed by atoms with E-state index in [1.54, 1.807) is 30.3 Å². The summed E-state index contributed by atoms with van der Waals surface area (Å²) in [6.07, 6.45) is 1.31. The Morgan fingerprint density at radius 1 is 1.19 bits per heavy atom. The SMILES string of the molecule is CCOc1ccccc1OCC(=O)N/N=C\c1ccc(-c2ccc([N+](=O)[O-])cc2Cl)o1. The molecular weight excluding hydrogens is 426 g/mol. The van der Waals surface area contributed by atoms with Gasteiger partial charge in [0.2, 0.25) is 0 Å². The van der Waals surface area contributed by atoms with Gasteiger partial charge in [0.25, 0.3) is 11.6 Å². The van der Waals surface area contributed by atoms with Gasteiger partial charge < -0.3 is 13.9 Å². The standard InChI is InChI=1S/C21H18ClN3O6/c1-2-29-19-5-3-4-6-20(19)30-13-21(26)24-23-12-15-8-10-18(31-15)16-9-7-14(25(27)28)11-17(16)22/h3-12H,2,13H2,1H3,(H,24,26)/b23-12-. The summed E-state index contributed by atoms with van der Waals surface area (Å²) in [7, 11) is 0. The van der Waals surface area contributed by atoms with Gasteiger partial charge in [0, 0.05) is 17.7 Å². The molecule has 1 aromatic heterocycles. The van der Waals surface area contributed by atoms with Crippen molar-refractivity contribution in [3.05, 3.63) is 75.5 Å². The van der Waals surface area contributed by atoms with E-state index in [1.165, 1.54) is 24.4 Å². The number of benzene rings is 2. The van der Waals surface area contributed by atoms with Gasteiger partial charge in [-0.15, -0.1) is 0 Å². The molecule has 0 atom stereocenters. The molecule has 0 unspecified atom stereocenters. The van der Waals surface area contributed by atoms with Gasteiger partial charge in [-0.2, -0.15) is 5.10 Å². The van der Waals surface area contributed by atoms with Crippen molar-refractivity contribution in [1.29, 1.82) is 0 Å². The molecule has 0 saturated heterocycles. The minimum atomic E-state index is -0.530. The third-order valence-corrected chi connectivity index (χ3v) is 4.26. The first-order valence-electron chi connectivity index (χ1n) is 9.18. The Hall–Kier alpha value is -3.85. The molecule has 0 saturated carbocycles. The predicted molar refractivity (Wildman–Crippen MR) is 115 cm³/mol. The molecule has 0 radical (unpaired) electrons. The first-order chi connectivity index (χ1) is 15.0. The van der Waals surface area contributed by atoms with Crippen LogP contribution in [0.4, 0.5) is 5.69 Å². The van der Waals surface area contributed by atoms with Gasteiger partial charge in [-0.05, 0) is 37.3 Å². The smallest absolute Gasteiger partial charge is 0.277 e. The summed E-state index contributed by atoms with van der Waals surface area (Å²) < 4.78 is 16.5. The number of halogens is 1. The highest BCUT2D eigenvalue weighted by atomic mass is 35.5. The van der Waals surface area contributed by atoms with Crippen LogP contribution in [0, 0.1) is 10.1 Å². The third kappa shape index (κ3) is 5.83. The summed E-state index contributed by atoms with van der Waals surface area (Å²) in [5.74, 6) is 1.30. The van der Waals surface area contributed by atoms with E-state index in [0.717, 1.165) is 0 Å². The van der Waals surface area contributed by atoms with Crippen molar-refractivity contribution in [3.63, 3.8) is 0 Å². The van der Waals surface area contributed by atoms with Crippen LogP contribution in [-0.2, 0) is 4.79 Å². The molecule has 10 heteroatoms. The molecule has 0 aliphatic rings. The predicted octanol–water partition coefficient (Wildman–Crippen LogP) is 4.44. The fourth-order valence-electron chi connectivity index (χ4n) is 2.57. The van der Waals surface area contributed by atoms with Crippen LogP contribution in [-0.4, -0.2) is 30.3 Å². The summed E-state index contributed by atoms with van der Waals surface area (Å²) in [5, 5.41) is 14.8. The lowest BCUT2D eigenvalue weighted by atomic mass is 10.1. The maximum Gasteiger partial charge on any atom is 0.277 e. The van der Waals surface area contributed by atoms with Crippen LogP contribution in [0.5, 0.6) is 11.5 Å². The molecule has 0 fully saturated rings. The number of hydrogen-bond donors (Lipinski definition) is 1.